The fourth-order valence-corrected chi connectivity index (χ4v) is 11.5. The van der Waals surface area contributed by atoms with Gasteiger partial charge in [0.15, 0.2) is 0 Å². The Balaban J connectivity index is 1.54. The summed E-state index contributed by atoms with van der Waals surface area (Å²) in [5.74, 6) is 4.21. The van der Waals surface area contributed by atoms with Gasteiger partial charge in [0.05, 0.1) is 5.60 Å². The third-order valence-electron chi connectivity index (χ3n) is 13.1. The van der Waals surface area contributed by atoms with Crippen LogP contribution in [0.2, 0.25) is 0 Å². The van der Waals surface area contributed by atoms with Gasteiger partial charge >= 0.3 is 0 Å². The van der Waals surface area contributed by atoms with Crippen molar-refractivity contribution in [2.75, 3.05) is 6.61 Å². The van der Waals surface area contributed by atoms with E-state index in [1.807, 2.05) is 0 Å². The van der Waals surface area contributed by atoms with Gasteiger partial charge in [-0.15, -0.1) is 0 Å². The van der Waals surface area contributed by atoms with Gasteiger partial charge in [-0.1, -0.05) is 48.1 Å². The summed E-state index contributed by atoms with van der Waals surface area (Å²) in [5.41, 5.74) is 3.24. The van der Waals surface area contributed by atoms with E-state index in [1.165, 1.54) is 69.8 Å². The van der Waals surface area contributed by atoms with Crippen molar-refractivity contribution in [2.45, 2.75) is 118 Å². The van der Waals surface area contributed by atoms with Crippen molar-refractivity contribution in [3.8, 4) is 0 Å². The summed E-state index contributed by atoms with van der Waals surface area (Å²) in [7, 11) is 0. The summed E-state index contributed by atoms with van der Waals surface area (Å²) in [5, 5.41) is 0. The molecule has 5 rings (SSSR count). The molecule has 0 amide bonds. The van der Waals surface area contributed by atoms with E-state index in [2.05, 4.69) is 55.0 Å². The van der Waals surface area contributed by atoms with Gasteiger partial charge in [0, 0.05) is 6.61 Å². The van der Waals surface area contributed by atoms with Gasteiger partial charge in [0.1, 0.15) is 0 Å². The minimum Gasteiger partial charge on any atom is -0.370 e. The van der Waals surface area contributed by atoms with Crippen molar-refractivity contribution in [1.82, 2.24) is 0 Å². The fraction of sp³-hybridized carbons (Fsp3) is 0.933. The van der Waals surface area contributed by atoms with Crippen LogP contribution in [0.4, 0.5) is 0 Å². The number of hydrogen-bond donors (Lipinski definition) is 0. The molecular weight excluding hydrogens is 376 g/mol. The zero-order valence-corrected chi connectivity index (χ0v) is 21.8. The van der Waals surface area contributed by atoms with E-state index in [0.717, 1.165) is 30.3 Å². The molecule has 4 aliphatic carbocycles. The Morgan fingerprint density at radius 1 is 0.774 bits per heavy atom. The zero-order chi connectivity index (χ0) is 22.4. The molecular formula is C30H50O. The molecule has 0 bridgehead atoms. The Bertz CT molecular complexity index is 754. The van der Waals surface area contributed by atoms with Gasteiger partial charge in [-0.05, 0) is 128 Å². The SMILES string of the molecule is C=C(C)C12CCC3C(C)(CCC4(C)C5CCC(C(C)C)C5(C)CCC34C)C1CCCO2. The normalized spacial score (nSPS) is 56.4. The van der Waals surface area contributed by atoms with Gasteiger partial charge in [-0.3, -0.25) is 0 Å². The maximum Gasteiger partial charge on any atom is 0.0919 e. The predicted octanol–water partition coefficient (Wildman–Crippen LogP) is 8.43. The summed E-state index contributed by atoms with van der Waals surface area (Å²) in [6.45, 7) is 23.6. The molecule has 9 atom stereocenters. The van der Waals surface area contributed by atoms with Gasteiger partial charge in [0.25, 0.3) is 0 Å². The molecule has 1 heteroatoms. The molecule has 1 aliphatic heterocycles. The first-order valence-corrected chi connectivity index (χ1v) is 13.8. The van der Waals surface area contributed by atoms with Crippen molar-refractivity contribution in [1.29, 1.82) is 0 Å². The Kier molecular flexibility index (Phi) is 4.98. The highest BCUT2D eigenvalue weighted by molar-refractivity contribution is 5.25. The fourth-order valence-electron chi connectivity index (χ4n) is 11.5. The van der Waals surface area contributed by atoms with Crippen LogP contribution in [0.3, 0.4) is 0 Å². The maximum atomic E-state index is 6.67. The van der Waals surface area contributed by atoms with Crippen molar-refractivity contribution < 1.29 is 4.74 Å². The van der Waals surface area contributed by atoms with Crippen LogP contribution in [0.5, 0.6) is 0 Å². The van der Waals surface area contributed by atoms with E-state index in [1.54, 1.807) is 0 Å². The second kappa shape index (κ2) is 6.86. The number of fused-ring (bicyclic) bond motifs is 7. The topological polar surface area (TPSA) is 9.23 Å². The van der Waals surface area contributed by atoms with Gasteiger partial charge in [-0.25, -0.2) is 0 Å². The van der Waals surface area contributed by atoms with E-state index in [-0.39, 0.29) is 5.60 Å². The number of ether oxygens (including phenoxy) is 1. The number of hydrogen-bond acceptors (Lipinski definition) is 1. The lowest BCUT2D eigenvalue weighted by Crippen LogP contribution is -2.68. The average molecular weight is 427 g/mol. The Hall–Kier alpha value is -0.300. The molecule has 0 radical (unpaired) electrons. The molecule has 5 aliphatic rings. The molecule has 0 spiro atoms. The van der Waals surface area contributed by atoms with E-state index in [4.69, 9.17) is 4.74 Å². The molecule has 5 fully saturated rings. The van der Waals surface area contributed by atoms with E-state index in [9.17, 15) is 0 Å². The first kappa shape index (κ1) is 22.5. The molecule has 1 nitrogen and oxygen atoms in total. The zero-order valence-electron chi connectivity index (χ0n) is 21.8. The Morgan fingerprint density at radius 2 is 1.39 bits per heavy atom. The second-order valence-electron chi connectivity index (χ2n) is 14.1. The van der Waals surface area contributed by atoms with Crippen LogP contribution in [0.25, 0.3) is 0 Å². The maximum absolute atomic E-state index is 6.67. The summed E-state index contributed by atoms with van der Waals surface area (Å²) in [6.07, 6.45) is 13.9. The standard InChI is InChI=1S/C30H50O/c1-20(2)22-11-12-23-26(22,5)15-17-29(8)24-13-14-30(21(3)4)25(10-9-19-31-30)27(24,6)16-18-28(23,29)7/h20,22-25H,3,9-19H2,1-2,4-8H3. The summed E-state index contributed by atoms with van der Waals surface area (Å²) in [4.78, 5) is 0. The van der Waals surface area contributed by atoms with Crippen LogP contribution in [0.1, 0.15) is 113 Å². The highest BCUT2D eigenvalue weighted by Crippen LogP contribution is 2.78. The quantitative estimate of drug-likeness (QED) is 0.402. The van der Waals surface area contributed by atoms with Crippen molar-refractivity contribution >= 4 is 0 Å². The molecule has 0 aromatic heterocycles. The molecule has 0 N–H and O–H groups in total. The van der Waals surface area contributed by atoms with E-state index < -0.39 is 0 Å². The van der Waals surface area contributed by atoms with Crippen LogP contribution < -0.4 is 0 Å². The third kappa shape index (κ3) is 2.60. The third-order valence-corrected chi connectivity index (χ3v) is 13.1. The van der Waals surface area contributed by atoms with Crippen molar-refractivity contribution in [2.24, 2.45) is 51.2 Å². The lowest BCUT2D eigenvalue weighted by atomic mass is 9.32. The predicted molar refractivity (Wildman–Crippen MR) is 131 cm³/mol. The van der Waals surface area contributed by atoms with Gasteiger partial charge in [0.2, 0.25) is 0 Å². The van der Waals surface area contributed by atoms with Crippen molar-refractivity contribution in [3.63, 3.8) is 0 Å². The summed E-state index contributed by atoms with van der Waals surface area (Å²) < 4.78 is 6.67. The minimum atomic E-state index is -0.0348. The van der Waals surface area contributed by atoms with Gasteiger partial charge in [-0.2, -0.15) is 0 Å². The highest BCUT2D eigenvalue weighted by atomic mass is 16.5. The molecule has 4 saturated carbocycles. The Labute approximate surface area is 193 Å². The average Bonchev–Trinajstić information content (AvgIpc) is 3.08. The Morgan fingerprint density at radius 3 is 2.00 bits per heavy atom. The molecule has 176 valence electrons. The second-order valence-corrected chi connectivity index (χ2v) is 14.1. The first-order chi connectivity index (χ1) is 14.5. The smallest absolute Gasteiger partial charge is 0.0919 e. The van der Waals surface area contributed by atoms with Crippen LogP contribution in [-0.2, 0) is 4.74 Å². The largest absolute Gasteiger partial charge is 0.370 e. The van der Waals surface area contributed by atoms with Crippen LogP contribution in [-0.4, -0.2) is 12.2 Å². The monoisotopic (exact) mass is 426 g/mol. The van der Waals surface area contributed by atoms with Crippen LogP contribution in [0, 0.1) is 51.2 Å². The molecule has 1 heterocycles. The summed E-state index contributed by atoms with van der Waals surface area (Å²) >= 11 is 0. The van der Waals surface area contributed by atoms with E-state index in [0.29, 0.717) is 27.6 Å². The minimum absolute atomic E-state index is 0.0348. The molecule has 0 aromatic carbocycles. The lowest BCUT2D eigenvalue weighted by molar-refractivity contribution is -0.261. The van der Waals surface area contributed by atoms with Crippen LogP contribution >= 0.6 is 0 Å². The molecule has 1 saturated heterocycles. The van der Waals surface area contributed by atoms with E-state index >= 15 is 0 Å². The van der Waals surface area contributed by atoms with Crippen LogP contribution in [0.15, 0.2) is 12.2 Å². The highest BCUT2D eigenvalue weighted by Gasteiger charge is 2.71. The first-order valence-electron chi connectivity index (χ1n) is 13.8. The lowest BCUT2D eigenvalue weighted by Gasteiger charge is -2.73. The van der Waals surface area contributed by atoms with Crippen molar-refractivity contribution in [3.05, 3.63) is 12.2 Å². The molecule has 9 unspecified atom stereocenters. The number of rotatable bonds is 2. The molecule has 31 heavy (non-hydrogen) atoms. The molecule has 0 aromatic rings. The van der Waals surface area contributed by atoms with Gasteiger partial charge < -0.3 is 4.74 Å². The summed E-state index contributed by atoms with van der Waals surface area (Å²) in [6, 6.07) is 0.